The molecule has 0 aliphatic carbocycles. The van der Waals surface area contributed by atoms with Crippen molar-refractivity contribution in [1.29, 1.82) is 0 Å². The Morgan fingerprint density at radius 2 is 1.79 bits per heavy atom. The van der Waals surface area contributed by atoms with E-state index in [1.807, 2.05) is 56.3 Å². The molecule has 146 valence electrons. The van der Waals surface area contributed by atoms with Crippen molar-refractivity contribution in [3.63, 3.8) is 0 Å². The van der Waals surface area contributed by atoms with Crippen LogP contribution in [0.3, 0.4) is 0 Å². The fraction of sp³-hybridized carbons (Fsp3) is 0.364. The maximum Gasteiger partial charge on any atom is 0.322 e. The highest BCUT2D eigenvalue weighted by Gasteiger charge is 2.55. The monoisotopic (exact) mass is 379 g/mol. The first-order valence-electron chi connectivity index (χ1n) is 9.68. The average molecular weight is 379 g/mol. The molecule has 2 aliphatic heterocycles. The Labute approximate surface area is 164 Å². The molecule has 0 radical (unpaired) electrons. The summed E-state index contributed by atoms with van der Waals surface area (Å²) in [6, 6.07) is 16.3. The number of carbonyl (C=O) groups is 2. The third-order valence-corrected chi connectivity index (χ3v) is 5.60. The van der Waals surface area contributed by atoms with E-state index >= 15 is 0 Å². The van der Waals surface area contributed by atoms with Gasteiger partial charge in [-0.15, -0.1) is 0 Å². The Kier molecular flexibility index (Phi) is 4.81. The fourth-order valence-electron chi connectivity index (χ4n) is 4.41. The van der Waals surface area contributed by atoms with Gasteiger partial charge in [0, 0.05) is 29.8 Å². The van der Waals surface area contributed by atoms with Crippen LogP contribution in [0.2, 0.25) is 0 Å². The minimum Gasteiger partial charge on any atom is -0.394 e. The van der Waals surface area contributed by atoms with E-state index in [-0.39, 0.29) is 42.6 Å². The maximum atomic E-state index is 13.1. The first-order valence-corrected chi connectivity index (χ1v) is 9.68. The molecule has 3 amide bonds. The van der Waals surface area contributed by atoms with E-state index in [1.165, 1.54) is 0 Å². The lowest BCUT2D eigenvalue weighted by Gasteiger charge is -2.58. The number of hydrogen-bond acceptors (Lipinski definition) is 3. The zero-order chi connectivity index (χ0) is 19.8. The maximum absolute atomic E-state index is 13.1. The van der Waals surface area contributed by atoms with Crippen LogP contribution < -0.4 is 10.2 Å². The molecule has 2 aliphatic rings. The molecular formula is C22H25N3O3. The van der Waals surface area contributed by atoms with Crippen LogP contribution >= 0.6 is 0 Å². The largest absolute Gasteiger partial charge is 0.394 e. The van der Waals surface area contributed by atoms with Crippen molar-refractivity contribution in [2.24, 2.45) is 0 Å². The third kappa shape index (κ3) is 2.94. The number of fused-ring (bicyclic) bond motifs is 3. The Hall–Kier alpha value is -2.86. The van der Waals surface area contributed by atoms with E-state index in [0.29, 0.717) is 12.1 Å². The van der Waals surface area contributed by atoms with Crippen molar-refractivity contribution in [1.82, 2.24) is 10.2 Å². The number of hydrogen-bond donors (Lipinski definition) is 2. The molecule has 2 heterocycles. The van der Waals surface area contributed by atoms with Gasteiger partial charge in [0.05, 0.1) is 18.7 Å². The molecule has 2 N–H and O–H groups in total. The van der Waals surface area contributed by atoms with Crippen LogP contribution in [-0.2, 0) is 0 Å². The molecule has 0 unspecified atom stereocenters. The van der Waals surface area contributed by atoms with Crippen molar-refractivity contribution >= 4 is 17.6 Å². The minimum atomic E-state index is -0.283. The second-order valence-electron chi connectivity index (χ2n) is 7.70. The van der Waals surface area contributed by atoms with Gasteiger partial charge in [-0.3, -0.25) is 9.69 Å². The topological polar surface area (TPSA) is 72.9 Å². The number of likely N-dealkylation sites (tertiary alicyclic amines) is 1. The molecule has 2 aromatic rings. The number of benzene rings is 2. The number of aliphatic hydroxyl groups is 1. The zero-order valence-electron chi connectivity index (χ0n) is 16.1. The molecule has 0 spiro atoms. The normalized spacial score (nSPS) is 22.9. The number of anilines is 1. The van der Waals surface area contributed by atoms with Gasteiger partial charge in [-0.1, -0.05) is 36.4 Å². The first kappa shape index (κ1) is 18.5. The summed E-state index contributed by atoms with van der Waals surface area (Å²) in [4.78, 5) is 29.4. The van der Waals surface area contributed by atoms with Gasteiger partial charge in [0.25, 0.3) is 5.91 Å². The van der Waals surface area contributed by atoms with E-state index < -0.39 is 0 Å². The molecule has 3 atom stereocenters. The van der Waals surface area contributed by atoms with Gasteiger partial charge in [-0.2, -0.15) is 0 Å². The number of aliphatic hydroxyl groups excluding tert-OH is 1. The Bertz CT molecular complexity index is 884. The van der Waals surface area contributed by atoms with Crippen LogP contribution in [0.1, 0.15) is 35.7 Å². The first-order chi connectivity index (χ1) is 13.5. The van der Waals surface area contributed by atoms with Crippen LogP contribution in [-0.4, -0.2) is 53.2 Å². The van der Waals surface area contributed by atoms with E-state index in [9.17, 15) is 14.7 Å². The van der Waals surface area contributed by atoms with Gasteiger partial charge < -0.3 is 15.3 Å². The average Bonchev–Trinajstić information content (AvgIpc) is 2.68. The van der Waals surface area contributed by atoms with E-state index in [1.54, 1.807) is 21.9 Å². The highest BCUT2D eigenvalue weighted by molar-refractivity contribution is 5.98. The summed E-state index contributed by atoms with van der Waals surface area (Å²) in [5.41, 5.74) is 2.46. The lowest BCUT2D eigenvalue weighted by atomic mass is 9.71. The van der Waals surface area contributed by atoms with Crippen LogP contribution in [0.5, 0.6) is 0 Å². The van der Waals surface area contributed by atoms with Gasteiger partial charge >= 0.3 is 6.03 Å². The van der Waals surface area contributed by atoms with Crippen molar-refractivity contribution in [2.75, 3.05) is 18.1 Å². The van der Waals surface area contributed by atoms with Crippen LogP contribution in [0, 0.1) is 0 Å². The Balaban J connectivity index is 1.69. The van der Waals surface area contributed by atoms with Gasteiger partial charge in [-0.25, -0.2) is 4.79 Å². The van der Waals surface area contributed by atoms with Crippen molar-refractivity contribution in [3.05, 3.63) is 65.7 Å². The second kappa shape index (κ2) is 7.28. The molecule has 0 bridgehead atoms. The molecular weight excluding hydrogens is 354 g/mol. The summed E-state index contributed by atoms with van der Waals surface area (Å²) in [7, 11) is 0. The minimum absolute atomic E-state index is 0.0195. The van der Waals surface area contributed by atoms with Crippen LogP contribution in [0.15, 0.2) is 54.6 Å². The van der Waals surface area contributed by atoms with Crippen molar-refractivity contribution < 1.29 is 14.7 Å². The predicted octanol–water partition coefficient (Wildman–Crippen LogP) is 2.59. The number of rotatable bonds is 3. The summed E-state index contributed by atoms with van der Waals surface area (Å²) < 4.78 is 0. The van der Waals surface area contributed by atoms with Gasteiger partial charge in [0.15, 0.2) is 0 Å². The summed E-state index contributed by atoms with van der Waals surface area (Å²) in [5, 5.41) is 13.0. The molecule has 0 aromatic heterocycles. The van der Waals surface area contributed by atoms with Crippen molar-refractivity contribution in [2.45, 2.75) is 37.9 Å². The Morgan fingerprint density at radius 1 is 1.11 bits per heavy atom. The molecule has 1 fully saturated rings. The Morgan fingerprint density at radius 3 is 2.46 bits per heavy atom. The summed E-state index contributed by atoms with van der Waals surface area (Å²) in [6.45, 7) is 4.15. The summed E-state index contributed by atoms with van der Waals surface area (Å²) >= 11 is 0. The number of carbonyl (C=O) groups excluding carboxylic acids is 2. The quantitative estimate of drug-likeness (QED) is 0.861. The van der Waals surface area contributed by atoms with Crippen LogP contribution in [0.4, 0.5) is 10.5 Å². The second-order valence-corrected chi connectivity index (χ2v) is 7.70. The molecule has 6 nitrogen and oxygen atoms in total. The summed E-state index contributed by atoms with van der Waals surface area (Å²) in [6.07, 6.45) is 0. The zero-order valence-corrected chi connectivity index (χ0v) is 16.1. The SMILES string of the molecule is CC(C)NC(=O)N1C[C@H]2[C@@H](c3ccccc31)[C@@H](CO)N2C(=O)c1ccccc1. The third-order valence-electron chi connectivity index (χ3n) is 5.60. The number of amides is 3. The highest BCUT2D eigenvalue weighted by Crippen LogP contribution is 2.48. The molecule has 28 heavy (non-hydrogen) atoms. The number of para-hydroxylation sites is 1. The van der Waals surface area contributed by atoms with Crippen LogP contribution in [0.25, 0.3) is 0 Å². The smallest absolute Gasteiger partial charge is 0.322 e. The van der Waals surface area contributed by atoms with Gasteiger partial charge in [0.1, 0.15) is 0 Å². The molecule has 0 saturated carbocycles. The predicted molar refractivity (Wildman–Crippen MR) is 107 cm³/mol. The lowest BCUT2D eigenvalue weighted by Crippen LogP contribution is -2.71. The highest BCUT2D eigenvalue weighted by atomic mass is 16.3. The number of nitrogens with zero attached hydrogens (tertiary/aromatic N) is 2. The lowest BCUT2D eigenvalue weighted by molar-refractivity contribution is -0.0242. The summed E-state index contributed by atoms with van der Waals surface area (Å²) in [5.74, 6) is -0.0820. The molecule has 4 rings (SSSR count). The molecule has 2 aromatic carbocycles. The van der Waals surface area contributed by atoms with Gasteiger partial charge in [-0.05, 0) is 37.6 Å². The number of nitrogens with one attached hydrogen (secondary N) is 1. The van der Waals surface area contributed by atoms with E-state index in [0.717, 1.165) is 11.3 Å². The fourth-order valence-corrected chi connectivity index (χ4v) is 4.41. The standard InChI is InChI=1S/C22H25N3O3/c1-14(2)23-22(28)24-12-18-20(16-10-6-7-11-17(16)24)19(13-26)25(18)21(27)15-8-4-3-5-9-15/h3-11,14,18-20,26H,12-13H2,1-2H3,(H,23,28)/t18-,19+,20+/m0/s1. The van der Waals surface area contributed by atoms with E-state index in [2.05, 4.69) is 5.32 Å². The van der Waals surface area contributed by atoms with Gasteiger partial charge in [0.2, 0.25) is 0 Å². The van der Waals surface area contributed by atoms with E-state index in [4.69, 9.17) is 0 Å². The van der Waals surface area contributed by atoms with Crippen molar-refractivity contribution in [3.8, 4) is 0 Å². The number of urea groups is 1. The molecule has 1 saturated heterocycles. The molecule has 6 heteroatoms.